The second-order valence-electron chi connectivity index (χ2n) is 5.16. The number of fused-ring (bicyclic) bond motifs is 1. The molecule has 0 spiro atoms. The Kier molecular flexibility index (Phi) is 7.28. The van der Waals surface area contributed by atoms with Crippen LogP contribution in [0, 0.1) is 5.82 Å². The average Bonchev–Trinajstić information content (AvgIpc) is 2.96. The van der Waals surface area contributed by atoms with Crippen LogP contribution in [0.25, 0.3) is 10.9 Å². The number of nitrogens with zero attached hydrogens (tertiary/aromatic N) is 2. The van der Waals surface area contributed by atoms with Gasteiger partial charge in [0.2, 0.25) is 11.0 Å². The number of rotatable bonds is 7. The third kappa shape index (κ3) is 4.67. The lowest BCUT2D eigenvalue weighted by atomic mass is 10.1. The molecule has 2 heterocycles. The molecule has 0 fully saturated rings. The molecule has 3 rings (SSSR count). The van der Waals surface area contributed by atoms with Gasteiger partial charge in [0.15, 0.2) is 5.15 Å². The molecule has 3 N–H and O–H groups in total. The van der Waals surface area contributed by atoms with Gasteiger partial charge < -0.3 is 20.2 Å². The summed E-state index contributed by atoms with van der Waals surface area (Å²) in [5.41, 5.74) is 7.15. The molecule has 0 aliphatic carbocycles. The monoisotopic (exact) mass is 420 g/mol. The minimum Gasteiger partial charge on any atom is -0.484 e. The van der Waals surface area contributed by atoms with E-state index in [1.165, 1.54) is 12.1 Å². The van der Waals surface area contributed by atoms with Crippen LogP contribution in [0.15, 0.2) is 24.4 Å². The van der Waals surface area contributed by atoms with Crippen molar-refractivity contribution in [3.05, 3.63) is 46.2 Å². The molecule has 0 saturated carbocycles. The summed E-state index contributed by atoms with van der Waals surface area (Å²) in [6.07, 6.45) is 2.39. The second-order valence-corrected chi connectivity index (χ2v) is 5.85. The molecule has 140 valence electrons. The predicted octanol–water partition coefficient (Wildman–Crippen LogP) is 3.78. The van der Waals surface area contributed by atoms with Gasteiger partial charge in [0.1, 0.15) is 12.4 Å². The summed E-state index contributed by atoms with van der Waals surface area (Å²) in [6.45, 7) is 0.854. The van der Waals surface area contributed by atoms with Crippen LogP contribution >= 0.6 is 35.6 Å². The van der Waals surface area contributed by atoms with Gasteiger partial charge >= 0.3 is 0 Å². The van der Waals surface area contributed by atoms with Crippen molar-refractivity contribution >= 4 is 46.5 Å². The van der Waals surface area contributed by atoms with Crippen LogP contribution < -0.4 is 15.2 Å². The maximum Gasteiger partial charge on any atom is 0.263 e. The Morgan fingerprint density at radius 2 is 1.96 bits per heavy atom. The first-order chi connectivity index (χ1) is 12.1. The minimum absolute atomic E-state index is 0. The van der Waals surface area contributed by atoms with Gasteiger partial charge in [-0.3, -0.25) is 0 Å². The smallest absolute Gasteiger partial charge is 0.263 e. The molecule has 0 unspecified atom stereocenters. The minimum atomic E-state index is -0.288. The van der Waals surface area contributed by atoms with Crippen molar-refractivity contribution in [2.24, 2.45) is 5.73 Å². The molecular formula is C16H16Cl3FN4O2. The van der Waals surface area contributed by atoms with Crippen LogP contribution in [0.3, 0.4) is 0 Å². The van der Waals surface area contributed by atoms with Crippen LogP contribution in [-0.4, -0.2) is 34.7 Å². The highest BCUT2D eigenvalue weighted by atomic mass is 35.5. The van der Waals surface area contributed by atoms with Crippen molar-refractivity contribution in [1.82, 2.24) is 15.0 Å². The zero-order valence-electron chi connectivity index (χ0n) is 13.5. The van der Waals surface area contributed by atoms with Crippen molar-refractivity contribution in [2.75, 3.05) is 19.8 Å². The van der Waals surface area contributed by atoms with Crippen LogP contribution in [0.1, 0.15) is 5.56 Å². The van der Waals surface area contributed by atoms with Crippen LogP contribution in [-0.2, 0) is 6.42 Å². The maximum atomic E-state index is 13.2. The van der Waals surface area contributed by atoms with E-state index in [-0.39, 0.29) is 46.9 Å². The van der Waals surface area contributed by atoms with Crippen molar-refractivity contribution in [3.8, 4) is 11.6 Å². The summed E-state index contributed by atoms with van der Waals surface area (Å²) in [5, 5.41) is 0.956. The third-order valence-electron chi connectivity index (χ3n) is 3.47. The second kappa shape index (κ2) is 9.23. The Balaban J connectivity index is 0.00000243. The molecule has 3 aromatic rings. The lowest BCUT2D eigenvalue weighted by molar-refractivity contribution is 0.264. The number of aromatic amines is 1. The molecule has 10 heteroatoms. The molecule has 0 saturated heterocycles. The largest absolute Gasteiger partial charge is 0.484 e. The Bertz CT molecular complexity index is 891. The van der Waals surface area contributed by atoms with E-state index in [0.717, 1.165) is 16.5 Å². The molecular weight excluding hydrogens is 406 g/mol. The average molecular weight is 422 g/mol. The third-order valence-corrected chi connectivity index (χ3v) is 3.89. The lowest BCUT2D eigenvalue weighted by Crippen LogP contribution is -2.13. The Hall–Kier alpha value is -1.80. The number of hydrogen-bond acceptors (Lipinski definition) is 5. The number of nitrogens with two attached hydrogens (primary N) is 1. The van der Waals surface area contributed by atoms with Gasteiger partial charge in [-0.05, 0) is 35.4 Å². The number of H-pyrrole nitrogens is 1. The van der Waals surface area contributed by atoms with E-state index in [2.05, 4.69) is 15.0 Å². The highest BCUT2D eigenvalue weighted by Crippen LogP contribution is 2.33. The van der Waals surface area contributed by atoms with Gasteiger partial charge in [0, 0.05) is 30.1 Å². The summed E-state index contributed by atoms with van der Waals surface area (Å²) in [4.78, 5) is 10.9. The van der Waals surface area contributed by atoms with E-state index in [0.29, 0.717) is 19.6 Å². The van der Waals surface area contributed by atoms with Crippen molar-refractivity contribution in [1.29, 1.82) is 0 Å². The van der Waals surface area contributed by atoms with E-state index in [1.54, 1.807) is 6.07 Å². The molecule has 0 atom stereocenters. The highest BCUT2D eigenvalue weighted by Gasteiger charge is 2.16. The SMILES string of the molecule is Cl.NCCOc1c(Cl)nc(Cl)nc1OCCc1c[nH]c2cc(F)ccc12. The predicted molar refractivity (Wildman–Crippen MR) is 101 cm³/mol. The summed E-state index contributed by atoms with van der Waals surface area (Å²) < 4.78 is 24.3. The molecule has 0 aliphatic heterocycles. The van der Waals surface area contributed by atoms with E-state index >= 15 is 0 Å². The van der Waals surface area contributed by atoms with E-state index in [4.69, 9.17) is 38.4 Å². The first kappa shape index (κ1) is 20.5. The van der Waals surface area contributed by atoms with E-state index in [9.17, 15) is 4.39 Å². The number of hydrogen-bond donors (Lipinski definition) is 2. The zero-order chi connectivity index (χ0) is 17.8. The molecule has 0 bridgehead atoms. The van der Waals surface area contributed by atoms with Gasteiger partial charge in [-0.15, -0.1) is 12.4 Å². The Morgan fingerprint density at radius 3 is 2.73 bits per heavy atom. The van der Waals surface area contributed by atoms with Gasteiger partial charge in [-0.2, -0.15) is 4.98 Å². The van der Waals surface area contributed by atoms with Crippen LogP contribution in [0.4, 0.5) is 4.39 Å². The first-order valence-electron chi connectivity index (χ1n) is 7.52. The zero-order valence-corrected chi connectivity index (χ0v) is 15.8. The number of aromatic nitrogens is 3. The lowest BCUT2D eigenvalue weighted by Gasteiger charge is -2.12. The summed E-state index contributed by atoms with van der Waals surface area (Å²) in [7, 11) is 0. The highest BCUT2D eigenvalue weighted by molar-refractivity contribution is 6.33. The maximum absolute atomic E-state index is 13.2. The van der Waals surface area contributed by atoms with Gasteiger partial charge in [-0.1, -0.05) is 11.6 Å². The van der Waals surface area contributed by atoms with Crippen molar-refractivity contribution in [2.45, 2.75) is 6.42 Å². The molecule has 0 radical (unpaired) electrons. The van der Waals surface area contributed by atoms with Gasteiger partial charge in [0.25, 0.3) is 5.88 Å². The number of halogens is 4. The molecule has 6 nitrogen and oxygen atoms in total. The molecule has 26 heavy (non-hydrogen) atoms. The molecule has 1 aromatic carbocycles. The standard InChI is InChI=1S/C16H15Cl2FN4O2.ClH/c17-14-13(24-6-4-20)15(23-16(18)22-14)25-5-3-9-8-21-12-7-10(19)1-2-11(9)12;/h1-2,7-8,21H,3-6,20H2;1H. The summed E-state index contributed by atoms with van der Waals surface area (Å²) in [5.74, 6) is 0.0750. The fraction of sp³-hybridized carbons (Fsp3) is 0.250. The van der Waals surface area contributed by atoms with Crippen LogP contribution in [0.5, 0.6) is 11.6 Å². The van der Waals surface area contributed by atoms with E-state index < -0.39 is 0 Å². The fourth-order valence-electron chi connectivity index (χ4n) is 2.38. The normalized spacial score (nSPS) is 10.6. The fourth-order valence-corrected chi connectivity index (χ4v) is 2.80. The molecule has 0 aliphatic rings. The van der Waals surface area contributed by atoms with Crippen molar-refractivity contribution in [3.63, 3.8) is 0 Å². The van der Waals surface area contributed by atoms with Crippen LogP contribution in [0.2, 0.25) is 10.4 Å². The van der Waals surface area contributed by atoms with Crippen molar-refractivity contribution < 1.29 is 13.9 Å². The topological polar surface area (TPSA) is 86.1 Å². The molecule has 2 aromatic heterocycles. The van der Waals surface area contributed by atoms with E-state index in [1.807, 2.05) is 6.20 Å². The Morgan fingerprint density at radius 1 is 1.15 bits per heavy atom. The Labute approximate surface area is 165 Å². The van der Waals surface area contributed by atoms with Gasteiger partial charge in [0.05, 0.1) is 6.61 Å². The number of benzene rings is 1. The van der Waals surface area contributed by atoms with Gasteiger partial charge in [-0.25, -0.2) is 9.37 Å². The quantitative estimate of drug-likeness (QED) is 0.448. The number of nitrogens with one attached hydrogen (secondary N) is 1. The summed E-state index contributed by atoms with van der Waals surface area (Å²) >= 11 is 11.8. The summed E-state index contributed by atoms with van der Waals surface area (Å²) in [6, 6.07) is 4.59. The number of ether oxygens (including phenoxy) is 2. The molecule has 0 amide bonds. The first-order valence-corrected chi connectivity index (χ1v) is 8.28.